The van der Waals surface area contributed by atoms with Crippen molar-refractivity contribution in [2.75, 3.05) is 11.1 Å². The number of hydrogen-bond donors (Lipinski definition) is 3. The normalized spacial score (nSPS) is 10.5. The lowest BCUT2D eigenvalue weighted by atomic mass is 10.2. The van der Waals surface area contributed by atoms with Gasteiger partial charge in [-0.25, -0.2) is 0 Å². The van der Waals surface area contributed by atoms with Crippen LogP contribution in [-0.2, 0) is 0 Å². The van der Waals surface area contributed by atoms with Crippen LogP contribution in [0.25, 0.3) is 0 Å². The highest BCUT2D eigenvalue weighted by atomic mass is 19.3. The van der Waals surface area contributed by atoms with Gasteiger partial charge in [0.1, 0.15) is 5.75 Å². The first-order chi connectivity index (χ1) is 9.06. The minimum atomic E-state index is -2.94. The number of ether oxygens (including phenoxy) is 1. The lowest BCUT2D eigenvalue weighted by molar-refractivity contribution is -0.0498. The molecule has 2 rings (SSSR count). The smallest absolute Gasteiger partial charge is 0.387 e. The van der Waals surface area contributed by atoms with E-state index in [9.17, 15) is 13.6 Å². The summed E-state index contributed by atoms with van der Waals surface area (Å²) in [5, 5.41) is 8.59. The summed E-state index contributed by atoms with van der Waals surface area (Å²) >= 11 is 0. The zero-order chi connectivity index (χ0) is 13.8. The lowest BCUT2D eigenvalue weighted by Crippen LogP contribution is -2.13. The van der Waals surface area contributed by atoms with E-state index in [2.05, 4.69) is 20.3 Å². The van der Waals surface area contributed by atoms with Crippen LogP contribution >= 0.6 is 0 Å². The fraction of sp³-hybridized carbons (Fsp3) is 0.0909. The molecule has 0 aliphatic rings. The van der Waals surface area contributed by atoms with Gasteiger partial charge in [-0.05, 0) is 18.2 Å². The molecule has 0 atom stereocenters. The number of rotatable bonds is 4. The molecule has 0 unspecified atom stereocenters. The van der Waals surface area contributed by atoms with Gasteiger partial charge in [-0.1, -0.05) is 6.07 Å². The van der Waals surface area contributed by atoms with Crippen molar-refractivity contribution in [1.29, 1.82) is 0 Å². The second-order valence-corrected chi connectivity index (χ2v) is 3.56. The number of benzene rings is 1. The van der Waals surface area contributed by atoms with Gasteiger partial charge in [0.15, 0.2) is 5.82 Å². The lowest BCUT2D eigenvalue weighted by Gasteiger charge is -2.07. The van der Waals surface area contributed by atoms with E-state index in [4.69, 9.17) is 5.73 Å². The second kappa shape index (κ2) is 5.34. The highest BCUT2D eigenvalue weighted by Crippen LogP contribution is 2.18. The summed E-state index contributed by atoms with van der Waals surface area (Å²) < 4.78 is 28.3. The number of anilines is 2. The minimum Gasteiger partial charge on any atom is -0.435 e. The van der Waals surface area contributed by atoms with Gasteiger partial charge in [0.2, 0.25) is 0 Å². The molecule has 1 heterocycles. The number of halogens is 2. The van der Waals surface area contributed by atoms with E-state index >= 15 is 0 Å². The number of carbonyl (C=O) groups is 1. The van der Waals surface area contributed by atoms with Crippen LogP contribution in [0.4, 0.5) is 20.3 Å². The molecule has 0 fully saturated rings. The third kappa shape index (κ3) is 3.18. The van der Waals surface area contributed by atoms with E-state index in [1.54, 1.807) is 0 Å². The summed E-state index contributed by atoms with van der Waals surface area (Å²) in [6.07, 6.45) is 1.34. The molecule has 0 saturated carbocycles. The van der Waals surface area contributed by atoms with Crippen molar-refractivity contribution in [3.05, 3.63) is 36.0 Å². The van der Waals surface area contributed by atoms with Crippen LogP contribution in [0.3, 0.4) is 0 Å². The number of nitrogens with one attached hydrogen (secondary N) is 2. The molecular formula is C11H10F2N4O2. The van der Waals surface area contributed by atoms with Crippen LogP contribution in [0.1, 0.15) is 10.4 Å². The zero-order valence-corrected chi connectivity index (χ0v) is 9.56. The molecule has 19 heavy (non-hydrogen) atoms. The predicted octanol–water partition coefficient (Wildman–Crippen LogP) is 1.85. The Balaban J connectivity index is 2.13. The number of alkyl halides is 2. The molecule has 1 aromatic heterocycles. The highest BCUT2D eigenvalue weighted by molar-refractivity contribution is 6.05. The molecule has 0 spiro atoms. The number of nitrogens with zero attached hydrogens (tertiary/aromatic N) is 1. The van der Waals surface area contributed by atoms with Gasteiger partial charge < -0.3 is 15.8 Å². The summed E-state index contributed by atoms with van der Waals surface area (Å²) in [7, 11) is 0. The van der Waals surface area contributed by atoms with Crippen LogP contribution in [-0.4, -0.2) is 22.7 Å². The minimum absolute atomic E-state index is 0.0970. The Bertz CT molecular complexity index is 586. The molecule has 0 aliphatic heterocycles. The first kappa shape index (κ1) is 12.8. The van der Waals surface area contributed by atoms with Gasteiger partial charge in [-0.3, -0.25) is 9.89 Å². The van der Waals surface area contributed by atoms with Gasteiger partial charge in [0.05, 0.1) is 11.9 Å². The molecule has 100 valence electrons. The zero-order valence-electron chi connectivity index (χ0n) is 9.56. The van der Waals surface area contributed by atoms with Crippen LogP contribution in [0, 0.1) is 0 Å². The van der Waals surface area contributed by atoms with Crippen LogP contribution in [0.2, 0.25) is 0 Å². The Hall–Kier alpha value is -2.64. The van der Waals surface area contributed by atoms with Crippen molar-refractivity contribution in [1.82, 2.24) is 10.2 Å². The standard InChI is InChI=1S/C11H10F2N4O2/c12-11(13)19-7-3-1-2-6(4-7)10(18)16-9-8(14)5-15-17-9/h1-5,11H,14H2,(H2,15,16,17,18). The van der Waals surface area contributed by atoms with E-state index < -0.39 is 12.5 Å². The SMILES string of the molecule is Nc1cn[nH]c1NC(=O)c1cccc(OC(F)F)c1. The van der Waals surface area contributed by atoms with Crippen LogP contribution in [0.15, 0.2) is 30.5 Å². The summed E-state index contributed by atoms with van der Waals surface area (Å²) in [5.74, 6) is -0.374. The average Bonchev–Trinajstić information content (AvgIpc) is 2.74. The maximum Gasteiger partial charge on any atom is 0.387 e. The Labute approximate surface area is 106 Å². The number of aromatic amines is 1. The predicted molar refractivity (Wildman–Crippen MR) is 64.0 cm³/mol. The number of amides is 1. The molecule has 4 N–H and O–H groups in total. The molecule has 0 bridgehead atoms. The van der Waals surface area contributed by atoms with Crippen molar-refractivity contribution >= 4 is 17.4 Å². The average molecular weight is 268 g/mol. The van der Waals surface area contributed by atoms with Gasteiger partial charge in [0, 0.05) is 5.56 Å². The summed E-state index contributed by atoms with van der Waals surface area (Å²) in [6, 6.07) is 5.42. The maximum absolute atomic E-state index is 12.1. The third-order valence-corrected chi connectivity index (χ3v) is 2.23. The number of hydrogen-bond acceptors (Lipinski definition) is 4. The first-order valence-electron chi connectivity index (χ1n) is 5.21. The second-order valence-electron chi connectivity index (χ2n) is 3.56. The van der Waals surface area contributed by atoms with E-state index in [0.717, 1.165) is 0 Å². The molecular weight excluding hydrogens is 258 g/mol. The summed E-state index contributed by atoms with van der Waals surface area (Å²) in [4.78, 5) is 11.8. The quantitative estimate of drug-likeness (QED) is 0.788. The Morgan fingerprint density at radius 1 is 1.47 bits per heavy atom. The Morgan fingerprint density at radius 3 is 2.89 bits per heavy atom. The van der Waals surface area contributed by atoms with E-state index in [0.29, 0.717) is 0 Å². The fourth-order valence-corrected chi connectivity index (χ4v) is 1.39. The molecule has 0 saturated heterocycles. The molecule has 8 heteroatoms. The van der Waals surface area contributed by atoms with Crippen molar-refractivity contribution < 1.29 is 18.3 Å². The fourth-order valence-electron chi connectivity index (χ4n) is 1.39. The summed E-state index contributed by atoms with van der Waals surface area (Å²) in [6.45, 7) is -2.94. The van der Waals surface area contributed by atoms with E-state index in [1.807, 2.05) is 0 Å². The maximum atomic E-state index is 12.1. The van der Waals surface area contributed by atoms with Crippen molar-refractivity contribution in [3.63, 3.8) is 0 Å². The monoisotopic (exact) mass is 268 g/mol. The first-order valence-corrected chi connectivity index (χ1v) is 5.21. The van der Waals surface area contributed by atoms with Gasteiger partial charge in [-0.15, -0.1) is 0 Å². The summed E-state index contributed by atoms with van der Waals surface area (Å²) in [5.41, 5.74) is 5.96. The van der Waals surface area contributed by atoms with Crippen molar-refractivity contribution in [2.45, 2.75) is 6.61 Å². The number of carbonyl (C=O) groups excluding carboxylic acids is 1. The van der Waals surface area contributed by atoms with Gasteiger partial charge in [-0.2, -0.15) is 13.9 Å². The largest absolute Gasteiger partial charge is 0.435 e. The molecule has 1 amide bonds. The van der Waals surface area contributed by atoms with Crippen molar-refractivity contribution in [3.8, 4) is 5.75 Å². The van der Waals surface area contributed by atoms with Gasteiger partial charge in [0.25, 0.3) is 5.91 Å². The Kier molecular flexibility index (Phi) is 3.60. The Morgan fingerprint density at radius 2 is 2.26 bits per heavy atom. The number of aromatic nitrogens is 2. The topological polar surface area (TPSA) is 93.0 Å². The van der Waals surface area contributed by atoms with Gasteiger partial charge >= 0.3 is 6.61 Å². The van der Waals surface area contributed by atoms with Crippen LogP contribution < -0.4 is 15.8 Å². The molecule has 6 nitrogen and oxygen atoms in total. The number of nitrogen functional groups attached to an aromatic ring is 1. The van der Waals surface area contributed by atoms with E-state index in [1.165, 1.54) is 30.5 Å². The molecule has 0 aliphatic carbocycles. The number of nitrogens with two attached hydrogens (primary N) is 1. The molecule has 0 radical (unpaired) electrons. The number of H-pyrrole nitrogens is 1. The van der Waals surface area contributed by atoms with Crippen molar-refractivity contribution in [2.24, 2.45) is 0 Å². The molecule has 1 aromatic carbocycles. The van der Waals surface area contributed by atoms with E-state index in [-0.39, 0.29) is 22.8 Å². The van der Waals surface area contributed by atoms with Crippen LogP contribution in [0.5, 0.6) is 5.75 Å². The highest BCUT2D eigenvalue weighted by Gasteiger charge is 2.11. The third-order valence-electron chi connectivity index (χ3n) is 2.23. The molecule has 2 aromatic rings.